The van der Waals surface area contributed by atoms with Crippen LogP contribution in [0.15, 0.2) is 18.2 Å². The molecule has 0 radical (unpaired) electrons. The second-order valence-electron chi connectivity index (χ2n) is 5.09. The van der Waals surface area contributed by atoms with E-state index in [-0.39, 0.29) is 5.69 Å². The summed E-state index contributed by atoms with van der Waals surface area (Å²) in [7, 11) is 0. The van der Waals surface area contributed by atoms with Crippen molar-refractivity contribution in [2.45, 2.75) is 46.0 Å². The molecule has 1 rings (SSSR count). The molecular formula is C16H23FN2O2. The van der Waals surface area contributed by atoms with Crippen LogP contribution in [0.5, 0.6) is 0 Å². The summed E-state index contributed by atoms with van der Waals surface area (Å²) in [4.78, 5) is 23.2. The second kappa shape index (κ2) is 9.10. The molecule has 0 aliphatic rings. The fourth-order valence-corrected chi connectivity index (χ4v) is 1.87. The summed E-state index contributed by atoms with van der Waals surface area (Å²) < 4.78 is 13.3. The van der Waals surface area contributed by atoms with E-state index in [1.807, 2.05) is 0 Å². The number of halogens is 1. The number of anilines is 1. The highest BCUT2D eigenvalue weighted by Gasteiger charge is 2.13. The van der Waals surface area contributed by atoms with Crippen molar-refractivity contribution in [2.75, 3.05) is 11.9 Å². The molecule has 0 bridgehead atoms. The van der Waals surface area contributed by atoms with Gasteiger partial charge in [0.1, 0.15) is 5.82 Å². The molecule has 0 fully saturated rings. The Balaban J connectivity index is 2.30. The summed E-state index contributed by atoms with van der Waals surface area (Å²) in [6, 6.07) is 4.32. The Morgan fingerprint density at radius 2 is 1.81 bits per heavy atom. The average Bonchev–Trinajstić information content (AvgIpc) is 2.46. The minimum Gasteiger partial charge on any atom is -0.348 e. The third kappa shape index (κ3) is 6.38. The van der Waals surface area contributed by atoms with Crippen LogP contribution in [0.25, 0.3) is 0 Å². The summed E-state index contributed by atoms with van der Waals surface area (Å²) in [6.07, 6.45) is 5.40. The Kier molecular flexibility index (Phi) is 7.43. The van der Waals surface area contributed by atoms with Gasteiger partial charge in [0.2, 0.25) is 0 Å². The van der Waals surface area contributed by atoms with E-state index in [0.29, 0.717) is 12.1 Å². The molecule has 2 amide bonds. The smallest absolute Gasteiger partial charge is 0.313 e. The van der Waals surface area contributed by atoms with Gasteiger partial charge < -0.3 is 10.6 Å². The number of nitrogens with one attached hydrogen (secondary N) is 2. The monoisotopic (exact) mass is 294 g/mol. The fourth-order valence-electron chi connectivity index (χ4n) is 1.87. The van der Waals surface area contributed by atoms with E-state index in [0.717, 1.165) is 19.3 Å². The largest absolute Gasteiger partial charge is 0.348 e. The van der Waals surface area contributed by atoms with Gasteiger partial charge in [0.05, 0.1) is 0 Å². The summed E-state index contributed by atoms with van der Waals surface area (Å²) in [5.41, 5.74) is 0.769. The molecule has 5 heteroatoms. The highest BCUT2D eigenvalue weighted by atomic mass is 19.1. The Morgan fingerprint density at radius 3 is 2.48 bits per heavy atom. The number of rotatable bonds is 7. The maximum absolute atomic E-state index is 13.3. The SMILES string of the molecule is CCCCCCCNC(=O)C(=O)Nc1ccc(C)c(F)c1. The first-order valence-electron chi connectivity index (χ1n) is 7.40. The van der Waals surface area contributed by atoms with E-state index in [1.54, 1.807) is 19.1 Å². The molecule has 21 heavy (non-hydrogen) atoms. The van der Waals surface area contributed by atoms with Crippen LogP contribution in [-0.4, -0.2) is 18.4 Å². The van der Waals surface area contributed by atoms with Crippen molar-refractivity contribution in [3.05, 3.63) is 29.6 Å². The molecular weight excluding hydrogens is 271 g/mol. The van der Waals surface area contributed by atoms with Crippen LogP contribution in [0.4, 0.5) is 10.1 Å². The molecule has 1 aromatic carbocycles. The van der Waals surface area contributed by atoms with E-state index < -0.39 is 17.6 Å². The number of amides is 2. The lowest BCUT2D eigenvalue weighted by Gasteiger charge is -2.07. The van der Waals surface area contributed by atoms with Gasteiger partial charge >= 0.3 is 11.8 Å². The number of unbranched alkanes of at least 4 members (excludes halogenated alkanes) is 4. The highest BCUT2D eigenvalue weighted by Crippen LogP contribution is 2.13. The van der Waals surface area contributed by atoms with Crippen LogP contribution in [-0.2, 0) is 9.59 Å². The quantitative estimate of drug-likeness (QED) is 0.599. The van der Waals surface area contributed by atoms with E-state index in [2.05, 4.69) is 17.6 Å². The molecule has 2 N–H and O–H groups in total. The van der Waals surface area contributed by atoms with Crippen molar-refractivity contribution < 1.29 is 14.0 Å². The topological polar surface area (TPSA) is 58.2 Å². The van der Waals surface area contributed by atoms with Gasteiger partial charge in [-0.2, -0.15) is 0 Å². The van der Waals surface area contributed by atoms with Gasteiger partial charge in [0.15, 0.2) is 0 Å². The zero-order valence-corrected chi connectivity index (χ0v) is 12.7. The minimum absolute atomic E-state index is 0.279. The zero-order chi connectivity index (χ0) is 15.7. The summed E-state index contributed by atoms with van der Waals surface area (Å²) in [6.45, 7) is 4.25. The van der Waals surface area contributed by atoms with Crippen molar-refractivity contribution >= 4 is 17.5 Å². The van der Waals surface area contributed by atoms with Crippen LogP contribution >= 0.6 is 0 Å². The first-order chi connectivity index (χ1) is 10.0. The van der Waals surface area contributed by atoms with Crippen LogP contribution in [0.1, 0.15) is 44.6 Å². The van der Waals surface area contributed by atoms with Gasteiger partial charge in [0.25, 0.3) is 0 Å². The fraction of sp³-hybridized carbons (Fsp3) is 0.500. The van der Waals surface area contributed by atoms with Gasteiger partial charge in [-0.3, -0.25) is 9.59 Å². The Hall–Kier alpha value is -1.91. The van der Waals surface area contributed by atoms with E-state index in [9.17, 15) is 14.0 Å². The molecule has 0 unspecified atom stereocenters. The average molecular weight is 294 g/mol. The summed E-state index contributed by atoms with van der Waals surface area (Å²) in [5, 5.41) is 4.94. The van der Waals surface area contributed by atoms with Gasteiger partial charge in [-0.25, -0.2) is 4.39 Å². The van der Waals surface area contributed by atoms with Crippen LogP contribution in [0.2, 0.25) is 0 Å². The minimum atomic E-state index is -0.771. The van der Waals surface area contributed by atoms with Crippen molar-refractivity contribution in [1.82, 2.24) is 5.32 Å². The van der Waals surface area contributed by atoms with Gasteiger partial charge in [0, 0.05) is 12.2 Å². The number of carbonyl (C=O) groups is 2. The number of hydrogen-bond donors (Lipinski definition) is 2. The lowest BCUT2D eigenvalue weighted by Crippen LogP contribution is -2.35. The van der Waals surface area contributed by atoms with Gasteiger partial charge in [-0.1, -0.05) is 38.7 Å². The highest BCUT2D eigenvalue weighted by molar-refractivity contribution is 6.39. The molecule has 4 nitrogen and oxygen atoms in total. The first kappa shape index (κ1) is 17.1. The molecule has 116 valence electrons. The summed E-state index contributed by atoms with van der Waals surface area (Å²) in [5.74, 6) is -1.87. The van der Waals surface area contributed by atoms with Crippen molar-refractivity contribution in [1.29, 1.82) is 0 Å². The number of benzene rings is 1. The van der Waals surface area contributed by atoms with Crippen molar-refractivity contribution in [3.63, 3.8) is 0 Å². The Labute approximate surface area is 125 Å². The maximum Gasteiger partial charge on any atom is 0.313 e. The molecule has 0 atom stereocenters. The van der Waals surface area contributed by atoms with E-state index in [1.165, 1.54) is 18.9 Å². The number of hydrogen-bond acceptors (Lipinski definition) is 2. The number of aryl methyl sites for hydroxylation is 1. The molecule has 0 saturated carbocycles. The van der Waals surface area contributed by atoms with Crippen molar-refractivity contribution in [2.24, 2.45) is 0 Å². The zero-order valence-electron chi connectivity index (χ0n) is 12.7. The number of carbonyl (C=O) groups excluding carboxylic acids is 2. The molecule has 0 saturated heterocycles. The van der Waals surface area contributed by atoms with E-state index in [4.69, 9.17) is 0 Å². The van der Waals surface area contributed by atoms with Crippen LogP contribution in [0, 0.1) is 12.7 Å². The molecule has 0 aromatic heterocycles. The predicted molar refractivity (Wildman–Crippen MR) is 81.5 cm³/mol. The van der Waals surface area contributed by atoms with Gasteiger partial charge in [-0.05, 0) is 31.0 Å². The molecule has 0 aliphatic heterocycles. The molecule has 0 heterocycles. The first-order valence-corrected chi connectivity index (χ1v) is 7.40. The second-order valence-corrected chi connectivity index (χ2v) is 5.09. The lowest BCUT2D eigenvalue weighted by atomic mass is 10.1. The third-order valence-corrected chi connectivity index (χ3v) is 3.20. The predicted octanol–water partition coefficient (Wildman–Crippen LogP) is 3.16. The normalized spacial score (nSPS) is 10.2. The summed E-state index contributed by atoms with van der Waals surface area (Å²) >= 11 is 0. The molecule has 0 aliphatic carbocycles. The third-order valence-electron chi connectivity index (χ3n) is 3.20. The molecule has 1 aromatic rings. The standard InChI is InChI=1S/C16H23FN2O2/c1-3-4-5-6-7-10-18-15(20)16(21)19-13-9-8-12(2)14(17)11-13/h8-9,11H,3-7,10H2,1-2H3,(H,18,20)(H,19,21). The lowest BCUT2D eigenvalue weighted by molar-refractivity contribution is -0.136. The van der Waals surface area contributed by atoms with Crippen LogP contribution < -0.4 is 10.6 Å². The Morgan fingerprint density at radius 1 is 1.10 bits per heavy atom. The van der Waals surface area contributed by atoms with Gasteiger partial charge in [-0.15, -0.1) is 0 Å². The van der Waals surface area contributed by atoms with Crippen LogP contribution in [0.3, 0.4) is 0 Å². The van der Waals surface area contributed by atoms with E-state index >= 15 is 0 Å². The Bertz CT molecular complexity index is 489. The van der Waals surface area contributed by atoms with Crippen molar-refractivity contribution in [3.8, 4) is 0 Å². The maximum atomic E-state index is 13.3. The molecule has 0 spiro atoms.